The van der Waals surface area contributed by atoms with Crippen molar-refractivity contribution < 1.29 is 8.63 Å². The molecule has 0 radical (unpaired) electrons. The molecule has 1 fully saturated rings. The van der Waals surface area contributed by atoms with Gasteiger partial charge in [-0.15, -0.1) is 5.10 Å². The van der Waals surface area contributed by atoms with Gasteiger partial charge < -0.3 is 15.5 Å². The van der Waals surface area contributed by atoms with Crippen LogP contribution in [0.2, 0.25) is 0 Å². The molecule has 0 spiro atoms. The number of aromatic nitrogens is 2. The standard InChI is InChI=1S/C8H14N4O2S/c9-5-7-11-12-8(14-7)10-6-1-3-15(13)4-2-6/h6H,1-5,9H2,(H,10,12). The van der Waals surface area contributed by atoms with Gasteiger partial charge in [-0.1, -0.05) is 5.10 Å². The second-order valence-electron chi connectivity index (χ2n) is 3.47. The fourth-order valence-electron chi connectivity index (χ4n) is 1.51. The minimum absolute atomic E-state index is 0.253. The van der Waals surface area contributed by atoms with Gasteiger partial charge in [0.1, 0.15) is 0 Å². The zero-order chi connectivity index (χ0) is 10.7. The molecule has 0 saturated carbocycles. The highest BCUT2D eigenvalue weighted by atomic mass is 32.2. The molecule has 15 heavy (non-hydrogen) atoms. The Kier molecular flexibility index (Phi) is 3.32. The Morgan fingerprint density at radius 1 is 1.47 bits per heavy atom. The Balaban J connectivity index is 1.88. The Labute approximate surface area is 90.1 Å². The summed E-state index contributed by atoms with van der Waals surface area (Å²) < 4.78 is 16.4. The third-order valence-electron chi connectivity index (χ3n) is 2.36. The molecule has 1 saturated heterocycles. The molecule has 0 atom stereocenters. The Bertz CT molecular complexity index is 344. The molecule has 0 bridgehead atoms. The first-order valence-electron chi connectivity index (χ1n) is 4.92. The van der Waals surface area contributed by atoms with Gasteiger partial charge in [-0.05, 0) is 12.8 Å². The fourth-order valence-corrected chi connectivity index (χ4v) is 2.81. The Hall–Kier alpha value is -0.950. The van der Waals surface area contributed by atoms with Crippen LogP contribution in [0, 0.1) is 0 Å². The molecular weight excluding hydrogens is 216 g/mol. The van der Waals surface area contributed by atoms with Crippen LogP contribution in [0.1, 0.15) is 18.7 Å². The van der Waals surface area contributed by atoms with Gasteiger partial charge in [0.15, 0.2) is 0 Å². The molecule has 0 amide bonds. The average Bonchev–Trinajstić information content (AvgIpc) is 2.69. The molecule has 1 aromatic heterocycles. The van der Waals surface area contributed by atoms with Crippen molar-refractivity contribution in [2.45, 2.75) is 25.4 Å². The highest BCUT2D eigenvalue weighted by Gasteiger charge is 2.19. The normalized spacial score (nSPS) is 26.5. The lowest BCUT2D eigenvalue weighted by Crippen LogP contribution is -2.29. The summed E-state index contributed by atoms with van der Waals surface area (Å²) in [6, 6.07) is 0.696. The van der Waals surface area contributed by atoms with E-state index in [0.717, 1.165) is 24.3 Å². The number of hydrogen-bond acceptors (Lipinski definition) is 6. The maximum absolute atomic E-state index is 11.1. The lowest BCUT2D eigenvalue weighted by molar-refractivity contribution is 0.495. The van der Waals surface area contributed by atoms with Crippen molar-refractivity contribution in [3.05, 3.63) is 5.89 Å². The summed E-state index contributed by atoms with van der Waals surface area (Å²) in [6.07, 6.45) is 1.76. The molecule has 1 aromatic rings. The van der Waals surface area contributed by atoms with E-state index in [1.54, 1.807) is 0 Å². The van der Waals surface area contributed by atoms with E-state index < -0.39 is 10.8 Å². The molecule has 0 aromatic carbocycles. The highest BCUT2D eigenvalue weighted by molar-refractivity contribution is 7.85. The Morgan fingerprint density at radius 3 is 2.80 bits per heavy atom. The van der Waals surface area contributed by atoms with Gasteiger partial charge in [-0.2, -0.15) is 0 Å². The molecule has 6 nitrogen and oxygen atoms in total. The molecule has 1 aliphatic rings. The average molecular weight is 230 g/mol. The number of nitrogens with two attached hydrogens (primary N) is 1. The van der Waals surface area contributed by atoms with E-state index in [-0.39, 0.29) is 12.6 Å². The van der Waals surface area contributed by atoms with Gasteiger partial charge in [-0.3, -0.25) is 4.21 Å². The van der Waals surface area contributed by atoms with Crippen molar-refractivity contribution in [2.75, 3.05) is 16.8 Å². The van der Waals surface area contributed by atoms with Crippen LogP contribution < -0.4 is 11.1 Å². The summed E-state index contributed by atoms with van der Waals surface area (Å²) in [6.45, 7) is 0.253. The first-order valence-corrected chi connectivity index (χ1v) is 6.40. The summed E-state index contributed by atoms with van der Waals surface area (Å²) in [5.74, 6) is 1.92. The fraction of sp³-hybridized carbons (Fsp3) is 0.750. The van der Waals surface area contributed by atoms with Crippen LogP contribution in [0.3, 0.4) is 0 Å². The Morgan fingerprint density at radius 2 is 2.20 bits per heavy atom. The highest BCUT2D eigenvalue weighted by Crippen LogP contribution is 2.15. The van der Waals surface area contributed by atoms with Crippen LogP contribution >= 0.6 is 0 Å². The minimum atomic E-state index is -0.642. The van der Waals surface area contributed by atoms with Crippen molar-refractivity contribution in [3.8, 4) is 0 Å². The second-order valence-corrected chi connectivity index (χ2v) is 5.17. The lowest BCUT2D eigenvalue weighted by Gasteiger charge is -2.21. The van der Waals surface area contributed by atoms with Crippen LogP contribution in [0.25, 0.3) is 0 Å². The number of rotatable bonds is 3. The van der Waals surface area contributed by atoms with E-state index in [1.807, 2.05) is 0 Å². The molecule has 2 heterocycles. The van der Waals surface area contributed by atoms with E-state index in [9.17, 15) is 4.21 Å². The number of hydrogen-bond donors (Lipinski definition) is 2. The molecule has 2 rings (SSSR count). The van der Waals surface area contributed by atoms with Crippen molar-refractivity contribution in [2.24, 2.45) is 5.73 Å². The van der Waals surface area contributed by atoms with Gasteiger partial charge in [0, 0.05) is 28.3 Å². The van der Waals surface area contributed by atoms with E-state index in [2.05, 4.69) is 15.5 Å². The molecule has 7 heteroatoms. The summed E-state index contributed by atoms with van der Waals surface area (Å²) >= 11 is 0. The second kappa shape index (κ2) is 4.71. The topological polar surface area (TPSA) is 94.0 Å². The molecule has 1 aliphatic heterocycles. The van der Waals surface area contributed by atoms with E-state index in [1.165, 1.54) is 0 Å². The lowest BCUT2D eigenvalue weighted by atomic mass is 10.2. The summed E-state index contributed by atoms with van der Waals surface area (Å²) in [4.78, 5) is 0. The maximum Gasteiger partial charge on any atom is 0.315 e. The molecule has 84 valence electrons. The van der Waals surface area contributed by atoms with E-state index >= 15 is 0 Å². The van der Waals surface area contributed by atoms with Crippen molar-refractivity contribution >= 4 is 16.8 Å². The van der Waals surface area contributed by atoms with Crippen molar-refractivity contribution in [1.29, 1.82) is 0 Å². The van der Waals surface area contributed by atoms with Gasteiger partial charge in [-0.25, -0.2) is 0 Å². The minimum Gasteiger partial charge on any atom is -0.407 e. The number of nitrogens with one attached hydrogen (secondary N) is 1. The zero-order valence-corrected chi connectivity index (χ0v) is 9.13. The van der Waals surface area contributed by atoms with Gasteiger partial charge in [0.05, 0.1) is 6.54 Å². The van der Waals surface area contributed by atoms with E-state index in [0.29, 0.717) is 11.9 Å². The van der Waals surface area contributed by atoms with Crippen molar-refractivity contribution in [3.63, 3.8) is 0 Å². The predicted molar refractivity (Wildman–Crippen MR) is 56.7 cm³/mol. The van der Waals surface area contributed by atoms with Crippen LogP contribution in [0.5, 0.6) is 0 Å². The molecule has 0 aliphatic carbocycles. The first kappa shape index (κ1) is 10.6. The SMILES string of the molecule is NCc1nnc(NC2CCS(=O)CC2)o1. The molecule has 3 N–H and O–H groups in total. The third kappa shape index (κ3) is 2.75. The zero-order valence-electron chi connectivity index (χ0n) is 8.31. The summed E-state index contributed by atoms with van der Waals surface area (Å²) in [5, 5.41) is 10.7. The molecule has 0 unspecified atom stereocenters. The monoisotopic (exact) mass is 230 g/mol. The number of anilines is 1. The van der Waals surface area contributed by atoms with Gasteiger partial charge >= 0.3 is 6.01 Å². The van der Waals surface area contributed by atoms with Crippen molar-refractivity contribution in [1.82, 2.24) is 10.2 Å². The van der Waals surface area contributed by atoms with Gasteiger partial charge in [0.25, 0.3) is 0 Å². The maximum atomic E-state index is 11.1. The largest absolute Gasteiger partial charge is 0.407 e. The predicted octanol–water partition coefficient (Wildman–Crippen LogP) is -0.149. The number of nitrogens with zero attached hydrogens (tertiary/aromatic N) is 2. The first-order chi connectivity index (χ1) is 7.28. The van der Waals surface area contributed by atoms with Crippen LogP contribution in [0.4, 0.5) is 6.01 Å². The summed E-state index contributed by atoms with van der Waals surface area (Å²) in [7, 11) is -0.642. The van der Waals surface area contributed by atoms with Crippen LogP contribution in [-0.2, 0) is 17.3 Å². The quantitative estimate of drug-likeness (QED) is 0.750. The smallest absolute Gasteiger partial charge is 0.315 e. The van der Waals surface area contributed by atoms with E-state index in [4.69, 9.17) is 10.2 Å². The summed E-state index contributed by atoms with van der Waals surface area (Å²) in [5.41, 5.74) is 5.35. The third-order valence-corrected chi connectivity index (χ3v) is 3.74. The molecular formula is C8H14N4O2S. The van der Waals surface area contributed by atoms with Crippen LogP contribution in [-0.4, -0.2) is 32.0 Å². The van der Waals surface area contributed by atoms with Crippen LogP contribution in [0.15, 0.2) is 4.42 Å². The van der Waals surface area contributed by atoms with Gasteiger partial charge in [0.2, 0.25) is 5.89 Å².